The van der Waals surface area contributed by atoms with Crippen LogP contribution in [0.25, 0.3) is 0 Å². The van der Waals surface area contributed by atoms with Gasteiger partial charge in [-0.2, -0.15) is 4.98 Å². The number of anilines is 1. The standard InChI is InChI=1S/C9H12N4O3/c1-16-9-7(13(14)15)8(10-5-11-9)12-6-3-2-4-6/h5-6H,2-4H2,1H3,(H,10,11,12). The third kappa shape index (κ3) is 1.88. The number of nitrogens with zero attached hydrogens (tertiary/aromatic N) is 3. The SMILES string of the molecule is COc1ncnc(NC2CCC2)c1[N+](=O)[O-]. The molecule has 1 aromatic heterocycles. The first-order valence-electron chi connectivity index (χ1n) is 5.02. The van der Waals surface area contributed by atoms with Gasteiger partial charge in [0.2, 0.25) is 5.82 Å². The number of nitrogens with one attached hydrogen (secondary N) is 1. The third-order valence-electron chi connectivity index (χ3n) is 2.61. The first-order chi connectivity index (χ1) is 7.72. The van der Waals surface area contributed by atoms with Crippen molar-refractivity contribution in [2.75, 3.05) is 12.4 Å². The van der Waals surface area contributed by atoms with Crippen molar-refractivity contribution in [1.82, 2.24) is 9.97 Å². The number of hydrogen-bond acceptors (Lipinski definition) is 6. The van der Waals surface area contributed by atoms with Gasteiger partial charge in [0.05, 0.1) is 12.0 Å². The van der Waals surface area contributed by atoms with E-state index in [-0.39, 0.29) is 23.4 Å². The van der Waals surface area contributed by atoms with E-state index in [0.717, 1.165) is 19.3 Å². The summed E-state index contributed by atoms with van der Waals surface area (Å²) in [6.07, 6.45) is 4.44. The molecule has 0 amide bonds. The Balaban J connectivity index is 2.30. The lowest BCUT2D eigenvalue weighted by Gasteiger charge is -2.26. The van der Waals surface area contributed by atoms with E-state index in [9.17, 15) is 10.1 Å². The van der Waals surface area contributed by atoms with E-state index in [0.29, 0.717) is 0 Å². The van der Waals surface area contributed by atoms with Crippen molar-refractivity contribution in [2.24, 2.45) is 0 Å². The average molecular weight is 224 g/mol. The molecule has 7 heteroatoms. The Morgan fingerprint density at radius 3 is 2.81 bits per heavy atom. The third-order valence-corrected chi connectivity index (χ3v) is 2.61. The molecule has 1 N–H and O–H groups in total. The van der Waals surface area contributed by atoms with Crippen molar-refractivity contribution in [3.8, 4) is 5.88 Å². The van der Waals surface area contributed by atoms with Crippen LogP contribution in [-0.4, -0.2) is 28.0 Å². The molecule has 1 aromatic rings. The van der Waals surface area contributed by atoms with Crippen molar-refractivity contribution >= 4 is 11.5 Å². The summed E-state index contributed by atoms with van der Waals surface area (Å²) in [6.45, 7) is 0. The minimum atomic E-state index is -0.528. The molecule has 0 spiro atoms. The second-order valence-electron chi connectivity index (χ2n) is 3.61. The summed E-state index contributed by atoms with van der Waals surface area (Å²) in [6, 6.07) is 0.276. The molecular formula is C9H12N4O3. The second-order valence-corrected chi connectivity index (χ2v) is 3.61. The van der Waals surface area contributed by atoms with Gasteiger partial charge >= 0.3 is 5.69 Å². The van der Waals surface area contributed by atoms with Crippen LogP contribution < -0.4 is 10.1 Å². The smallest absolute Gasteiger partial charge is 0.372 e. The monoisotopic (exact) mass is 224 g/mol. The fraction of sp³-hybridized carbons (Fsp3) is 0.556. The average Bonchev–Trinajstić information content (AvgIpc) is 2.22. The first-order valence-corrected chi connectivity index (χ1v) is 5.02. The molecule has 16 heavy (non-hydrogen) atoms. The van der Waals surface area contributed by atoms with E-state index in [4.69, 9.17) is 4.74 Å². The molecule has 0 atom stereocenters. The highest BCUT2D eigenvalue weighted by molar-refractivity contribution is 5.61. The Hall–Kier alpha value is -1.92. The topological polar surface area (TPSA) is 90.2 Å². The Morgan fingerprint density at radius 1 is 1.56 bits per heavy atom. The number of ether oxygens (including phenoxy) is 1. The van der Waals surface area contributed by atoms with E-state index in [1.165, 1.54) is 13.4 Å². The fourth-order valence-electron chi connectivity index (χ4n) is 1.53. The summed E-state index contributed by atoms with van der Waals surface area (Å²) in [4.78, 5) is 18.0. The van der Waals surface area contributed by atoms with Crippen LogP contribution in [0.5, 0.6) is 5.88 Å². The summed E-state index contributed by atoms with van der Waals surface area (Å²) in [5, 5.41) is 13.9. The van der Waals surface area contributed by atoms with Crippen LogP contribution in [0.15, 0.2) is 6.33 Å². The van der Waals surface area contributed by atoms with Crippen LogP contribution in [-0.2, 0) is 0 Å². The van der Waals surface area contributed by atoms with Gasteiger partial charge in [0.15, 0.2) is 0 Å². The van der Waals surface area contributed by atoms with E-state index in [1.807, 2.05) is 0 Å². The molecule has 0 unspecified atom stereocenters. The highest BCUT2D eigenvalue weighted by atomic mass is 16.6. The molecule has 1 fully saturated rings. The fourth-order valence-corrected chi connectivity index (χ4v) is 1.53. The lowest BCUT2D eigenvalue weighted by atomic mass is 9.93. The molecule has 0 radical (unpaired) electrons. The van der Waals surface area contributed by atoms with Crippen LogP contribution in [0.4, 0.5) is 11.5 Å². The van der Waals surface area contributed by atoms with E-state index >= 15 is 0 Å². The normalized spacial score (nSPS) is 15.3. The molecule has 86 valence electrons. The molecule has 2 rings (SSSR count). The first kappa shape index (κ1) is 10.6. The molecule has 0 aliphatic heterocycles. The lowest BCUT2D eigenvalue weighted by molar-refractivity contribution is -0.385. The predicted molar refractivity (Wildman–Crippen MR) is 56.5 cm³/mol. The Bertz CT molecular complexity index is 406. The van der Waals surface area contributed by atoms with E-state index in [2.05, 4.69) is 15.3 Å². The van der Waals surface area contributed by atoms with Crippen molar-refractivity contribution in [3.63, 3.8) is 0 Å². The quantitative estimate of drug-likeness (QED) is 0.613. The highest BCUT2D eigenvalue weighted by Crippen LogP contribution is 2.33. The van der Waals surface area contributed by atoms with Gasteiger partial charge in [-0.3, -0.25) is 10.1 Å². The molecule has 1 aliphatic carbocycles. The van der Waals surface area contributed by atoms with Crippen LogP contribution in [0.1, 0.15) is 19.3 Å². The van der Waals surface area contributed by atoms with E-state index in [1.54, 1.807) is 0 Å². The maximum Gasteiger partial charge on any atom is 0.372 e. The number of hydrogen-bond donors (Lipinski definition) is 1. The van der Waals surface area contributed by atoms with Gasteiger partial charge in [-0.15, -0.1) is 0 Å². The molecule has 1 heterocycles. The molecule has 1 aliphatic rings. The van der Waals surface area contributed by atoms with Gasteiger partial charge in [-0.1, -0.05) is 0 Å². The van der Waals surface area contributed by atoms with Crippen LogP contribution >= 0.6 is 0 Å². The van der Waals surface area contributed by atoms with Crippen LogP contribution in [0.2, 0.25) is 0 Å². The molecule has 7 nitrogen and oxygen atoms in total. The Labute approximate surface area is 92.0 Å². The van der Waals surface area contributed by atoms with Crippen LogP contribution in [0, 0.1) is 10.1 Å². The summed E-state index contributed by atoms with van der Waals surface area (Å²) >= 11 is 0. The summed E-state index contributed by atoms with van der Waals surface area (Å²) in [7, 11) is 1.35. The van der Waals surface area contributed by atoms with Crippen molar-refractivity contribution in [3.05, 3.63) is 16.4 Å². The number of rotatable bonds is 4. The largest absolute Gasteiger partial charge is 0.476 e. The van der Waals surface area contributed by atoms with Crippen molar-refractivity contribution in [2.45, 2.75) is 25.3 Å². The summed E-state index contributed by atoms with van der Waals surface area (Å²) < 4.78 is 4.85. The summed E-state index contributed by atoms with van der Waals surface area (Å²) in [5.74, 6) is 0.225. The lowest BCUT2D eigenvalue weighted by Crippen LogP contribution is -2.28. The molecular weight excluding hydrogens is 212 g/mol. The summed E-state index contributed by atoms with van der Waals surface area (Å²) in [5.41, 5.74) is -0.197. The van der Waals surface area contributed by atoms with E-state index < -0.39 is 4.92 Å². The van der Waals surface area contributed by atoms with Crippen LogP contribution in [0.3, 0.4) is 0 Å². The Kier molecular flexibility index (Phi) is 2.84. The van der Waals surface area contributed by atoms with Crippen molar-refractivity contribution in [1.29, 1.82) is 0 Å². The van der Waals surface area contributed by atoms with Gasteiger partial charge in [0.25, 0.3) is 5.88 Å². The molecule has 1 saturated carbocycles. The maximum atomic E-state index is 10.9. The zero-order chi connectivity index (χ0) is 11.5. The minimum absolute atomic E-state index is 0.0122. The predicted octanol–water partition coefficient (Wildman–Crippen LogP) is 1.36. The maximum absolute atomic E-state index is 10.9. The van der Waals surface area contributed by atoms with Gasteiger partial charge in [-0.25, -0.2) is 4.98 Å². The van der Waals surface area contributed by atoms with Gasteiger partial charge in [-0.05, 0) is 19.3 Å². The zero-order valence-corrected chi connectivity index (χ0v) is 8.84. The number of nitro groups is 1. The molecule has 0 bridgehead atoms. The van der Waals surface area contributed by atoms with Gasteiger partial charge in [0, 0.05) is 6.04 Å². The second kappa shape index (κ2) is 4.30. The number of methoxy groups -OCH3 is 1. The zero-order valence-electron chi connectivity index (χ0n) is 8.84. The van der Waals surface area contributed by atoms with Crippen molar-refractivity contribution < 1.29 is 9.66 Å². The molecule has 0 saturated heterocycles. The highest BCUT2D eigenvalue weighted by Gasteiger charge is 2.27. The minimum Gasteiger partial charge on any atom is -0.476 e. The van der Waals surface area contributed by atoms with Gasteiger partial charge < -0.3 is 10.1 Å². The molecule has 0 aromatic carbocycles. The number of aromatic nitrogens is 2. The van der Waals surface area contributed by atoms with Gasteiger partial charge in [0.1, 0.15) is 6.33 Å². The Morgan fingerprint density at radius 2 is 2.31 bits per heavy atom.